The van der Waals surface area contributed by atoms with E-state index in [0.717, 1.165) is 10.9 Å². The number of halogens is 1. The van der Waals surface area contributed by atoms with Crippen LogP contribution in [0.1, 0.15) is 44.3 Å². The van der Waals surface area contributed by atoms with E-state index in [4.69, 9.17) is 16.3 Å². The van der Waals surface area contributed by atoms with Crippen LogP contribution in [0.4, 0.5) is 0 Å². The standard InChI is InChI=1S/C14H17ClO/c1-10-5-7-14(8-6-10)13(16-14)11-3-2-4-12(15)9-11/h2-4,9-10,13H,5-8H2,1H3. The minimum atomic E-state index is 0.164. The summed E-state index contributed by atoms with van der Waals surface area (Å²) in [5.41, 5.74) is 1.42. The molecule has 1 aliphatic carbocycles. The fraction of sp³-hybridized carbons (Fsp3) is 0.571. The second kappa shape index (κ2) is 3.75. The molecule has 1 saturated heterocycles. The van der Waals surface area contributed by atoms with Crippen LogP contribution in [-0.4, -0.2) is 5.60 Å². The maximum absolute atomic E-state index is 6.01. The third kappa shape index (κ3) is 1.76. The van der Waals surface area contributed by atoms with Crippen molar-refractivity contribution < 1.29 is 4.74 Å². The second-order valence-corrected chi connectivity index (χ2v) is 5.74. The van der Waals surface area contributed by atoms with Gasteiger partial charge in [0.2, 0.25) is 0 Å². The van der Waals surface area contributed by atoms with Gasteiger partial charge in [-0.2, -0.15) is 0 Å². The highest BCUT2D eigenvalue weighted by Crippen LogP contribution is 2.58. The van der Waals surface area contributed by atoms with Crippen LogP contribution in [0.25, 0.3) is 0 Å². The normalized spacial score (nSPS) is 37.6. The maximum Gasteiger partial charge on any atom is 0.112 e. The van der Waals surface area contributed by atoms with E-state index in [1.54, 1.807) is 0 Å². The van der Waals surface area contributed by atoms with E-state index in [1.807, 2.05) is 18.2 Å². The van der Waals surface area contributed by atoms with Crippen molar-refractivity contribution in [3.63, 3.8) is 0 Å². The van der Waals surface area contributed by atoms with Gasteiger partial charge in [-0.05, 0) is 49.3 Å². The quantitative estimate of drug-likeness (QED) is 0.660. The lowest BCUT2D eigenvalue weighted by Gasteiger charge is -2.23. The molecule has 0 aromatic heterocycles. The molecule has 1 spiro atoms. The zero-order valence-electron chi connectivity index (χ0n) is 9.58. The Hall–Kier alpha value is -0.530. The number of ether oxygens (including phenoxy) is 1. The van der Waals surface area contributed by atoms with Crippen molar-refractivity contribution in [3.8, 4) is 0 Å². The molecule has 1 aromatic rings. The van der Waals surface area contributed by atoms with Gasteiger partial charge in [-0.25, -0.2) is 0 Å². The minimum absolute atomic E-state index is 0.164. The Balaban J connectivity index is 1.76. The van der Waals surface area contributed by atoms with Crippen molar-refractivity contribution in [1.29, 1.82) is 0 Å². The monoisotopic (exact) mass is 236 g/mol. The fourth-order valence-electron chi connectivity index (χ4n) is 2.87. The molecule has 3 rings (SSSR count). The number of hydrogen-bond donors (Lipinski definition) is 0. The first kappa shape index (κ1) is 10.6. The highest BCUT2D eigenvalue weighted by molar-refractivity contribution is 6.30. The highest BCUT2D eigenvalue weighted by Gasteiger charge is 2.57. The number of epoxide rings is 1. The molecule has 2 aliphatic rings. The predicted molar refractivity (Wildman–Crippen MR) is 65.6 cm³/mol. The van der Waals surface area contributed by atoms with Gasteiger partial charge in [0, 0.05) is 5.02 Å². The third-order valence-corrected chi connectivity index (χ3v) is 4.28. The van der Waals surface area contributed by atoms with Crippen LogP contribution in [0.3, 0.4) is 0 Å². The van der Waals surface area contributed by atoms with Crippen LogP contribution in [-0.2, 0) is 4.74 Å². The van der Waals surface area contributed by atoms with Gasteiger partial charge in [0.15, 0.2) is 0 Å². The first-order valence-electron chi connectivity index (χ1n) is 6.13. The van der Waals surface area contributed by atoms with Crippen LogP contribution in [0.15, 0.2) is 24.3 Å². The van der Waals surface area contributed by atoms with Gasteiger partial charge in [0.25, 0.3) is 0 Å². The molecule has 16 heavy (non-hydrogen) atoms. The van der Waals surface area contributed by atoms with Crippen molar-refractivity contribution in [3.05, 3.63) is 34.9 Å². The largest absolute Gasteiger partial charge is 0.361 e. The van der Waals surface area contributed by atoms with Crippen LogP contribution < -0.4 is 0 Å². The fourth-order valence-corrected chi connectivity index (χ4v) is 3.07. The Labute approximate surface area is 102 Å². The number of rotatable bonds is 1. The first-order chi connectivity index (χ1) is 7.70. The average Bonchev–Trinajstić information content (AvgIpc) is 2.98. The van der Waals surface area contributed by atoms with Crippen molar-refractivity contribution in [1.82, 2.24) is 0 Å². The van der Waals surface area contributed by atoms with E-state index < -0.39 is 0 Å². The molecule has 0 radical (unpaired) electrons. The maximum atomic E-state index is 6.01. The molecule has 0 N–H and O–H groups in total. The van der Waals surface area contributed by atoms with Gasteiger partial charge in [-0.15, -0.1) is 0 Å². The van der Waals surface area contributed by atoms with Gasteiger partial charge in [0.05, 0.1) is 5.60 Å². The molecular formula is C14H17ClO. The van der Waals surface area contributed by atoms with Gasteiger partial charge in [0.1, 0.15) is 6.10 Å². The van der Waals surface area contributed by atoms with E-state index in [2.05, 4.69) is 13.0 Å². The van der Waals surface area contributed by atoms with E-state index in [-0.39, 0.29) is 5.60 Å². The summed E-state index contributed by atoms with van der Waals surface area (Å²) in [6.45, 7) is 2.34. The van der Waals surface area contributed by atoms with E-state index >= 15 is 0 Å². The number of hydrogen-bond acceptors (Lipinski definition) is 1. The van der Waals surface area contributed by atoms with Crippen LogP contribution in [0.2, 0.25) is 5.02 Å². The first-order valence-corrected chi connectivity index (χ1v) is 6.51. The molecule has 0 bridgehead atoms. The van der Waals surface area contributed by atoms with Crippen LogP contribution >= 0.6 is 11.6 Å². The van der Waals surface area contributed by atoms with E-state index in [0.29, 0.717) is 6.10 Å². The minimum Gasteiger partial charge on any atom is -0.361 e. The SMILES string of the molecule is CC1CCC2(CC1)OC2c1cccc(Cl)c1. The summed E-state index contributed by atoms with van der Waals surface area (Å²) in [6, 6.07) is 8.10. The molecule has 1 unspecified atom stereocenters. The molecule has 1 heterocycles. The zero-order chi connectivity index (χ0) is 11.2. The molecule has 1 atom stereocenters. The summed E-state index contributed by atoms with van der Waals surface area (Å²) in [5.74, 6) is 0.870. The Morgan fingerprint density at radius 2 is 2.06 bits per heavy atom. The van der Waals surface area contributed by atoms with Crippen molar-refractivity contribution in [2.24, 2.45) is 5.92 Å². The summed E-state index contributed by atoms with van der Waals surface area (Å²) >= 11 is 6.01. The molecule has 1 aliphatic heterocycles. The number of benzene rings is 1. The Morgan fingerprint density at radius 3 is 2.75 bits per heavy atom. The lowest BCUT2D eigenvalue weighted by atomic mass is 9.80. The van der Waals surface area contributed by atoms with E-state index in [1.165, 1.54) is 31.2 Å². The van der Waals surface area contributed by atoms with Gasteiger partial charge in [-0.1, -0.05) is 30.7 Å². The van der Waals surface area contributed by atoms with Gasteiger partial charge < -0.3 is 4.74 Å². The van der Waals surface area contributed by atoms with Gasteiger partial charge >= 0.3 is 0 Å². The predicted octanol–water partition coefficient (Wildman–Crippen LogP) is 4.36. The Kier molecular flexibility index (Phi) is 2.49. The summed E-state index contributed by atoms with van der Waals surface area (Å²) in [5, 5.41) is 0.812. The van der Waals surface area contributed by atoms with E-state index in [9.17, 15) is 0 Å². The Bertz CT molecular complexity index is 393. The van der Waals surface area contributed by atoms with Gasteiger partial charge in [-0.3, -0.25) is 0 Å². The summed E-state index contributed by atoms with van der Waals surface area (Å²) in [4.78, 5) is 0. The average molecular weight is 237 g/mol. The molecule has 86 valence electrons. The topological polar surface area (TPSA) is 12.5 Å². The molecule has 2 fully saturated rings. The molecule has 1 aromatic carbocycles. The van der Waals surface area contributed by atoms with Crippen LogP contribution in [0, 0.1) is 5.92 Å². The molecule has 0 amide bonds. The second-order valence-electron chi connectivity index (χ2n) is 5.30. The molecular weight excluding hydrogens is 220 g/mol. The van der Waals surface area contributed by atoms with Crippen molar-refractivity contribution >= 4 is 11.6 Å². The summed E-state index contributed by atoms with van der Waals surface area (Å²) < 4.78 is 5.98. The lowest BCUT2D eigenvalue weighted by Crippen LogP contribution is -2.20. The highest BCUT2D eigenvalue weighted by atomic mass is 35.5. The molecule has 1 nitrogen and oxygen atoms in total. The van der Waals surface area contributed by atoms with Crippen molar-refractivity contribution in [2.45, 2.75) is 44.3 Å². The molecule has 1 saturated carbocycles. The van der Waals surface area contributed by atoms with Crippen LogP contribution in [0.5, 0.6) is 0 Å². The zero-order valence-corrected chi connectivity index (χ0v) is 10.3. The lowest BCUT2D eigenvalue weighted by molar-refractivity contribution is 0.204. The summed E-state index contributed by atoms with van der Waals surface area (Å²) in [7, 11) is 0. The third-order valence-electron chi connectivity index (χ3n) is 4.05. The summed E-state index contributed by atoms with van der Waals surface area (Å²) in [6.07, 6.45) is 5.34. The van der Waals surface area contributed by atoms with Crippen molar-refractivity contribution in [2.75, 3.05) is 0 Å². The molecule has 2 heteroatoms. The Morgan fingerprint density at radius 1 is 1.31 bits per heavy atom. The smallest absolute Gasteiger partial charge is 0.112 e.